The van der Waals surface area contributed by atoms with E-state index in [2.05, 4.69) is 16.3 Å². The van der Waals surface area contributed by atoms with E-state index >= 15 is 0 Å². The molecule has 86 valence electrons. The number of hydrogen-bond donors (Lipinski definition) is 1. The van der Waals surface area contributed by atoms with Crippen molar-refractivity contribution >= 4 is 16.7 Å². The summed E-state index contributed by atoms with van der Waals surface area (Å²) in [6.07, 6.45) is 1.98. The van der Waals surface area contributed by atoms with E-state index in [0.29, 0.717) is 0 Å². The topological polar surface area (TPSA) is 49.2 Å². The molecule has 4 nitrogen and oxygen atoms in total. The van der Waals surface area contributed by atoms with E-state index in [1.807, 2.05) is 25.8 Å². The molecule has 0 bridgehead atoms. The SMILES string of the molecule is CCCc1nsc(N(C)C(C)(C)CO)n1. The second-order valence-electron chi connectivity index (χ2n) is 4.27. The van der Waals surface area contributed by atoms with Crippen LogP contribution in [-0.2, 0) is 6.42 Å². The summed E-state index contributed by atoms with van der Waals surface area (Å²) in [6, 6.07) is 0. The smallest absolute Gasteiger partial charge is 0.205 e. The van der Waals surface area contributed by atoms with Gasteiger partial charge in [0.15, 0.2) is 0 Å². The van der Waals surface area contributed by atoms with Crippen LogP contribution < -0.4 is 4.90 Å². The van der Waals surface area contributed by atoms with Gasteiger partial charge in [-0.05, 0) is 20.3 Å². The van der Waals surface area contributed by atoms with E-state index in [9.17, 15) is 5.11 Å². The van der Waals surface area contributed by atoms with Gasteiger partial charge >= 0.3 is 0 Å². The van der Waals surface area contributed by atoms with Crippen molar-refractivity contribution in [3.8, 4) is 0 Å². The minimum Gasteiger partial charge on any atom is -0.394 e. The molecule has 1 heterocycles. The summed E-state index contributed by atoms with van der Waals surface area (Å²) in [5, 5.41) is 10.1. The van der Waals surface area contributed by atoms with Crippen LogP contribution in [0.1, 0.15) is 33.0 Å². The minimum atomic E-state index is -0.289. The zero-order valence-electron chi connectivity index (χ0n) is 9.82. The summed E-state index contributed by atoms with van der Waals surface area (Å²) < 4.78 is 4.28. The number of aryl methyl sites for hydroxylation is 1. The maximum absolute atomic E-state index is 9.25. The molecular weight excluding hydrogens is 210 g/mol. The van der Waals surface area contributed by atoms with E-state index in [1.54, 1.807) is 0 Å². The summed E-state index contributed by atoms with van der Waals surface area (Å²) in [4.78, 5) is 6.41. The second-order valence-corrected chi connectivity index (χ2v) is 5.00. The molecule has 0 aliphatic rings. The summed E-state index contributed by atoms with van der Waals surface area (Å²) in [6.45, 7) is 6.18. The summed E-state index contributed by atoms with van der Waals surface area (Å²) >= 11 is 1.39. The van der Waals surface area contributed by atoms with Crippen LogP contribution in [0.4, 0.5) is 5.13 Å². The number of nitrogens with zero attached hydrogens (tertiary/aromatic N) is 3. The Bertz CT molecular complexity index is 311. The highest BCUT2D eigenvalue weighted by Crippen LogP contribution is 2.23. The van der Waals surface area contributed by atoms with Crippen LogP contribution in [0.15, 0.2) is 0 Å². The largest absolute Gasteiger partial charge is 0.394 e. The Hall–Kier alpha value is -0.680. The van der Waals surface area contributed by atoms with Crippen molar-refractivity contribution in [1.82, 2.24) is 9.36 Å². The Labute approximate surface area is 95.1 Å². The van der Waals surface area contributed by atoms with Gasteiger partial charge in [0.1, 0.15) is 5.82 Å². The molecule has 1 rings (SSSR count). The van der Waals surface area contributed by atoms with Gasteiger partial charge in [-0.3, -0.25) is 0 Å². The van der Waals surface area contributed by atoms with Crippen molar-refractivity contribution < 1.29 is 5.11 Å². The first-order chi connectivity index (χ1) is 7.01. The van der Waals surface area contributed by atoms with Gasteiger partial charge in [0, 0.05) is 25.0 Å². The molecule has 15 heavy (non-hydrogen) atoms. The van der Waals surface area contributed by atoms with Crippen LogP contribution in [0.5, 0.6) is 0 Å². The third-order valence-electron chi connectivity index (χ3n) is 2.51. The number of aromatic nitrogens is 2. The summed E-state index contributed by atoms with van der Waals surface area (Å²) in [7, 11) is 1.94. The fourth-order valence-electron chi connectivity index (χ4n) is 1.07. The van der Waals surface area contributed by atoms with Crippen LogP contribution in [-0.4, -0.2) is 33.7 Å². The van der Waals surface area contributed by atoms with Gasteiger partial charge in [-0.25, -0.2) is 4.98 Å². The van der Waals surface area contributed by atoms with Crippen molar-refractivity contribution in [3.05, 3.63) is 5.82 Å². The number of anilines is 1. The van der Waals surface area contributed by atoms with E-state index in [0.717, 1.165) is 23.8 Å². The summed E-state index contributed by atoms with van der Waals surface area (Å²) in [5.41, 5.74) is -0.289. The number of rotatable bonds is 5. The lowest BCUT2D eigenvalue weighted by Gasteiger charge is -2.33. The highest BCUT2D eigenvalue weighted by atomic mass is 32.1. The molecule has 5 heteroatoms. The predicted octanol–water partition coefficient (Wildman–Crippen LogP) is 1.70. The van der Waals surface area contributed by atoms with Crippen LogP contribution in [0.3, 0.4) is 0 Å². The zero-order chi connectivity index (χ0) is 11.5. The number of hydrogen-bond acceptors (Lipinski definition) is 5. The third-order valence-corrected chi connectivity index (χ3v) is 3.34. The van der Waals surface area contributed by atoms with Crippen molar-refractivity contribution in [2.24, 2.45) is 0 Å². The van der Waals surface area contributed by atoms with Gasteiger partial charge in [0.05, 0.1) is 12.1 Å². The monoisotopic (exact) mass is 229 g/mol. The van der Waals surface area contributed by atoms with Crippen molar-refractivity contribution in [2.45, 2.75) is 39.2 Å². The first kappa shape index (κ1) is 12.4. The van der Waals surface area contributed by atoms with Crippen LogP contribution in [0.25, 0.3) is 0 Å². The minimum absolute atomic E-state index is 0.103. The molecule has 0 unspecified atom stereocenters. The first-order valence-electron chi connectivity index (χ1n) is 5.18. The van der Waals surface area contributed by atoms with Gasteiger partial charge < -0.3 is 10.0 Å². The molecule has 0 fully saturated rings. The van der Waals surface area contributed by atoms with E-state index < -0.39 is 0 Å². The molecule has 0 saturated carbocycles. The van der Waals surface area contributed by atoms with Gasteiger partial charge in [0.25, 0.3) is 0 Å². The molecule has 0 radical (unpaired) electrons. The predicted molar refractivity (Wildman–Crippen MR) is 63.5 cm³/mol. The van der Waals surface area contributed by atoms with E-state index in [4.69, 9.17) is 0 Å². The fraction of sp³-hybridized carbons (Fsp3) is 0.800. The highest BCUT2D eigenvalue weighted by Gasteiger charge is 2.25. The van der Waals surface area contributed by atoms with E-state index in [1.165, 1.54) is 11.5 Å². The van der Waals surface area contributed by atoms with Crippen molar-refractivity contribution in [1.29, 1.82) is 0 Å². The second kappa shape index (κ2) is 4.90. The van der Waals surface area contributed by atoms with Crippen molar-refractivity contribution in [2.75, 3.05) is 18.6 Å². The molecule has 1 aromatic rings. The van der Waals surface area contributed by atoms with Crippen LogP contribution in [0, 0.1) is 0 Å². The fourth-order valence-corrected chi connectivity index (χ4v) is 1.91. The van der Waals surface area contributed by atoms with Gasteiger partial charge in [-0.2, -0.15) is 4.37 Å². The van der Waals surface area contributed by atoms with Crippen LogP contribution in [0.2, 0.25) is 0 Å². The van der Waals surface area contributed by atoms with E-state index in [-0.39, 0.29) is 12.1 Å². The van der Waals surface area contributed by atoms with Gasteiger partial charge in [-0.15, -0.1) is 0 Å². The summed E-state index contributed by atoms with van der Waals surface area (Å²) in [5.74, 6) is 0.901. The average molecular weight is 229 g/mol. The molecule has 0 amide bonds. The van der Waals surface area contributed by atoms with Crippen molar-refractivity contribution in [3.63, 3.8) is 0 Å². The molecule has 0 aliphatic carbocycles. The first-order valence-corrected chi connectivity index (χ1v) is 5.96. The van der Waals surface area contributed by atoms with Gasteiger partial charge in [-0.1, -0.05) is 6.92 Å². The Kier molecular flexibility index (Phi) is 4.04. The standard InChI is InChI=1S/C10H19N3OS/c1-5-6-8-11-9(15-12-8)13(4)10(2,3)7-14/h14H,5-7H2,1-4H3. The molecule has 0 saturated heterocycles. The Morgan fingerprint density at radius 2 is 2.13 bits per heavy atom. The molecule has 0 aromatic carbocycles. The van der Waals surface area contributed by atoms with Crippen LogP contribution >= 0.6 is 11.5 Å². The lowest BCUT2D eigenvalue weighted by molar-refractivity contribution is 0.216. The highest BCUT2D eigenvalue weighted by molar-refractivity contribution is 7.09. The number of aliphatic hydroxyl groups is 1. The lowest BCUT2D eigenvalue weighted by Crippen LogP contribution is -2.44. The Morgan fingerprint density at radius 1 is 1.47 bits per heavy atom. The molecular formula is C10H19N3OS. The Morgan fingerprint density at radius 3 is 2.67 bits per heavy atom. The molecule has 1 aromatic heterocycles. The molecule has 0 spiro atoms. The zero-order valence-corrected chi connectivity index (χ0v) is 10.6. The third kappa shape index (κ3) is 2.89. The van der Waals surface area contributed by atoms with Gasteiger partial charge in [0.2, 0.25) is 5.13 Å². The quantitative estimate of drug-likeness (QED) is 0.835. The Balaban J connectivity index is 2.78. The molecule has 1 N–H and O–H groups in total. The normalized spacial score (nSPS) is 11.8. The number of aliphatic hydroxyl groups excluding tert-OH is 1. The number of likely N-dealkylation sites (N-methyl/N-ethyl adjacent to an activating group) is 1. The molecule has 0 aliphatic heterocycles. The lowest BCUT2D eigenvalue weighted by atomic mass is 10.1. The molecule has 0 atom stereocenters. The average Bonchev–Trinajstić information content (AvgIpc) is 2.66. The maximum Gasteiger partial charge on any atom is 0.205 e. The maximum atomic E-state index is 9.25.